The van der Waals surface area contributed by atoms with E-state index in [9.17, 15) is 4.79 Å². The zero-order chi connectivity index (χ0) is 13.4. The Hall–Kier alpha value is -1.14. The molecule has 0 N–H and O–H groups in total. The molecule has 1 aromatic rings. The molecule has 0 saturated heterocycles. The number of halogens is 1. The molecule has 0 saturated carbocycles. The summed E-state index contributed by atoms with van der Waals surface area (Å²) in [6.45, 7) is -0.144. The van der Waals surface area contributed by atoms with Gasteiger partial charge in [0.2, 0.25) is 0 Å². The lowest BCUT2D eigenvalue weighted by Gasteiger charge is -2.16. The van der Waals surface area contributed by atoms with E-state index in [4.69, 9.17) is 25.8 Å². The van der Waals surface area contributed by atoms with Gasteiger partial charge in [0.05, 0.1) is 0 Å². The summed E-state index contributed by atoms with van der Waals surface area (Å²) in [5, 5.41) is 0.578. The van der Waals surface area contributed by atoms with Gasteiger partial charge in [-0.05, 0) is 17.7 Å². The fourth-order valence-electron chi connectivity index (χ4n) is 1.27. The van der Waals surface area contributed by atoms with Gasteiger partial charge in [-0.25, -0.2) is 4.79 Å². The van der Waals surface area contributed by atoms with Crippen LogP contribution in [0.15, 0.2) is 24.3 Å². The number of benzene rings is 1. The highest BCUT2D eigenvalue weighted by Crippen LogP contribution is 2.21. The maximum absolute atomic E-state index is 11.8. The Balaban J connectivity index is 2.76. The van der Waals surface area contributed by atoms with Crippen LogP contribution >= 0.6 is 11.6 Å². The monoisotopic (exact) mass is 274 g/mol. The van der Waals surface area contributed by atoms with Gasteiger partial charge >= 0.3 is 5.97 Å². The lowest BCUT2D eigenvalue weighted by atomic mass is 10.1. The van der Waals surface area contributed by atoms with Crippen LogP contribution in [0.25, 0.3) is 0 Å². The highest BCUT2D eigenvalue weighted by molar-refractivity contribution is 6.30. The minimum Gasteiger partial charge on any atom is -0.436 e. The molecule has 18 heavy (non-hydrogen) atoms. The first kappa shape index (κ1) is 14.9. The summed E-state index contributed by atoms with van der Waals surface area (Å²) in [6, 6.07) is 6.72. The van der Waals surface area contributed by atoms with Gasteiger partial charge in [-0.15, -0.1) is 0 Å². The number of hydrogen-bond acceptors (Lipinski definition) is 5. The summed E-state index contributed by atoms with van der Waals surface area (Å²) in [6.07, 6.45) is -0.864. The van der Waals surface area contributed by atoms with Crippen molar-refractivity contribution in [2.24, 2.45) is 0 Å². The van der Waals surface area contributed by atoms with Crippen molar-refractivity contribution in [1.82, 2.24) is 0 Å². The lowest BCUT2D eigenvalue weighted by Crippen LogP contribution is -2.20. The van der Waals surface area contributed by atoms with Crippen molar-refractivity contribution in [3.63, 3.8) is 0 Å². The predicted molar refractivity (Wildman–Crippen MR) is 65.1 cm³/mol. The maximum atomic E-state index is 11.8. The third-order valence-electron chi connectivity index (χ3n) is 2.06. The molecule has 0 heterocycles. The lowest BCUT2D eigenvalue weighted by molar-refractivity contribution is -0.175. The minimum atomic E-state index is -0.864. The Kier molecular flexibility index (Phi) is 6.67. The molecular weight excluding hydrogens is 260 g/mol. The average Bonchev–Trinajstić information content (AvgIpc) is 2.38. The Morgan fingerprint density at radius 3 is 2.33 bits per heavy atom. The van der Waals surface area contributed by atoms with Gasteiger partial charge in [0.15, 0.2) is 12.9 Å². The van der Waals surface area contributed by atoms with E-state index in [1.54, 1.807) is 24.3 Å². The summed E-state index contributed by atoms with van der Waals surface area (Å²) < 4.78 is 19.6. The zero-order valence-corrected chi connectivity index (χ0v) is 11.0. The predicted octanol–water partition coefficient (Wildman–Crippen LogP) is 2.15. The van der Waals surface area contributed by atoms with E-state index in [2.05, 4.69) is 4.74 Å². The molecule has 0 radical (unpaired) electrons. The second-order valence-corrected chi connectivity index (χ2v) is 3.81. The van der Waals surface area contributed by atoms with Crippen LogP contribution < -0.4 is 0 Å². The van der Waals surface area contributed by atoms with Crippen molar-refractivity contribution in [2.45, 2.75) is 6.10 Å². The third kappa shape index (κ3) is 4.62. The van der Waals surface area contributed by atoms with Gasteiger partial charge in [0, 0.05) is 19.2 Å². The third-order valence-corrected chi connectivity index (χ3v) is 2.31. The number of hydrogen-bond donors (Lipinski definition) is 0. The largest absolute Gasteiger partial charge is 0.436 e. The second-order valence-electron chi connectivity index (χ2n) is 3.37. The molecule has 6 heteroatoms. The topological polar surface area (TPSA) is 54.0 Å². The second kappa shape index (κ2) is 8.05. The number of carbonyl (C=O) groups excluding carboxylic acids is 1. The van der Waals surface area contributed by atoms with E-state index in [-0.39, 0.29) is 13.6 Å². The molecule has 0 aliphatic rings. The quantitative estimate of drug-likeness (QED) is 0.563. The minimum absolute atomic E-state index is 0.0185. The van der Waals surface area contributed by atoms with Crippen LogP contribution in [-0.2, 0) is 23.7 Å². The van der Waals surface area contributed by atoms with E-state index in [1.807, 2.05) is 0 Å². The van der Waals surface area contributed by atoms with Gasteiger partial charge in [0.1, 0.15) is 6.79 Å². The standard InChI is InChI=1S/C12H15ClO5/c1-15-7-17-11(12(14)18-8-16-2)9-3-5-10(13)6-4-9/h3-6,11H,7-8H2,1-2H3/t11-/m0/s1. The maximum Gasteiger partial charge on any atom is 0.342 e. The van der Waals surface area contributed by atoms with Crippen LogP contribution in [0.2, 0.25) is 5.02 Å². The van der Waals surface area contributed by atoms with Gasteiger partial charge in [0.25, 0.3) is 0 Å². The van der Waals surface area contributed by atoms with E-state index >= 15 is 0 Å². The molecule has 1 rings (SSSR count). The van der Waals surface area contributed by atoms with Crippen molar-refractivity contribution < 1.29 is 23.7 Å². The number of esters is 1. The van der Waals surface area contributed by atoms with Crippen molar-refractivity contribution in [1.29, 1.82) is 0 Å². The van der Waals surface area contributed by atoms with Crippen molar-refractivity contribution in [3.05, 3.63) is 34.9 Å². The Bertz CT molecular complexity index is 365. The highest BCUT2D eigenvalue weighted by Gasteiger charge is 2.23. The average molecular weight is 275 g/mol. The zero-order valence-electron chi connectivity index (χ0n) is 10.2. The normalized spacial score (nSPS) is 12.2. The summed E-state index contributed by atoms with van der Waals surface area (Å²) in [5.41, 5.74) is 0.637. The van der Waals surface area contributed by atoms with Crippen LogP contribution in [0.1, 0.15) is 11.7 Å². The Morgan fingerprint density at radius 2 is 1.78 bits per heavy atom. The molecule has 0 amide bonds. The summed E-state index contributed by atoms with van der Waals surface area (Å²) in [4.78, 5) is 11.8. The molecule has 0 unspecified atom stereocenters. The van der Waals surface area contributed by atoms with Gasteiger partial charge < -0.3 is 18.9 Å². The molecule has 0 bridgehead atoms. The molecule has 0 spiro atoms. The molecule has 0 aliphatic carbocycles. The molecular formula is C12H15ClO5. The van der Waals surface area contributed by atoms with Crippen molar-refractivity contribution in [3.8, 4) is 0 Å². The first-order valence-corrected chi connectivity index (χ1v) is 5.58. The first-order valence-electron chi connectivity index (χ1n) is 5.20. The van der Waals surface area contributed by atoms with Crippen LogP contribution in [0.4, 0.5) is 0 Å². The van der Waals surface area contributed by atoms with Gasteiger partial charge in [-0.1, -0.05) is 23.7 Å². The Morgan fingerprint density at radius 1 is 1.17 bits per heavy atom. The van der Waals surface area contributed by atoms with Crippen LogP contribution in [-0.4, -0.2) is 33.8 Å². The SMILES string of the molecule is COCOC(=O)[C@@H](OCOC)c1ccc(Cl)cc1. The molecule has 5 nitrogen and oxygen atoms in total. The van der Waals surface area contributed by atoms with Crippen LogP contribution in [0.5, 0.6) is 0 Å². The highest BCUT2D eigenvalue weighted by atomic mass is 35.5. The fourth-order valence-corrected chi connectivity index (χ4v) is 1.39. The van der Waals surface area contributed by atoms with Crippen molar-refractivity contribution in [2.75, 3.05) is 27.8 Å². The Labute approximate surface area is 111 Å². The molecule has 0 aromatic heterocycles. The molecule has 100 valence electrons. The summed E-state index contributed by atoms with van der Waals surface area (Å²) >= 11 is 5.78. The van der Waals surface area contributed by atoms with E-state index in [1.165, 1.54) is 14.2 Å². The van der Waals surface area contributed by atoms with Crippen molar-refractivity contribution >= 4 is 17.6 Å². The van der Waals surface area contributed by atoms with Gasteiger partial charge in [-0.2, -0.15) is 0 Å². The molecule has 1 atom stereocenters. The van der Waals surface area contributed by atoms with Crippen LogP contribution in [0.3, 0.4) is 0 Å². The van der Waals surface area contributed by atoms with Gasteiger partial charge in [-0.3, -0.25) is 0 Å². The first-order chi connectivity index (χ1) is 8.69. The molecule has 0 fully saturated rings. The number of methoxy groups -OCH3 is 2. The number of rotatable bonds is 7. The number of ether oxygens (including phenoxy) is 4. The van der Waals surface area contributed by atoms with E-state index in [0.717, 1.165) is 0 Å². The van der Waals surface area contributed by atoms with Crippen LogP contribution in [0, 0.1) is 0 Å². The summed E-state index contributed by atoms with van der Waals surface area (Å²) in [5.74, 6) is -0.545. The van der Waals surface area contributed by atoms with E-state index in [0.29, 0.717) is 10.6 Å². The van der Waals surface area contributed by atoms with E-state index < -0.39 is 12.1 Å². The molecule has 0 aliphatic heterocycles. The smallest absolute Gasteiger partial charge is 0.342 e. The molecule has 1 aromatic carbocycles. The number of carbonyl (C=O) groups is 1. The summed E-state index contributed by atoms with van der Waals surface area (Å²) in [7, 11) is 2.90. The fraction of sp³-hybridized carbons (Fsp3) is 0.417.